The lowest BCUT2D eigenvalue weighted by Crippen LogP contribution is -2.43. The summed E-state index contributed by atoms with van der Waals surface area (Å²) in [7, 11) is 0. The monoisotopic (exact) mass is 373 g/mol. The lowest BCUT2D eigenvalue weighted by Gasteiger charge is -2.30. The van der Waals surface area contributed by atoms with Crippen molar-refractivity contribution in [2.24, 2.45) is 0 Å². The molecule has 1 heterocycles. The van der Waals surface area contributed by atoms with Crippen molar-refractivity contribution in [2.45, 2.75) is 26.7 Å². The quantitative estimate of drug-likeness (QED) is 0.863. The van der Waals surface area contributed by atoms with Gasteiger partial charge in [-0.1, -0.05) is 17.7 Å². The minimum Gasteiger partial charge on any atom is -0.362 e. The van der Waals surface area contributed by atoms with E-state index < -0.39 is 23.6 Å². The summed E-state index contributed by atoms with van der Waals surface area (Å²) in [6, 6.07) is 7.20. The Kier molecular flexibility index (Phi) is 5.39. The molecule has 7 heteroatoms. The maximum Gasteiger partial charge on any atom is 0.325 e. The highest BCUT2D eigenvalue weighted by Gasteiger charge is 2.22. The molecule has 5 nitrogen and oxygen atoms in total. The molecule has 0 saturated carbocycles. The zero-order valence-corrected chi connectivity index (χ0v) is 15.2. The SMILES string of the molecule is Cc1ccc(NC(=O)NC(=O)CN2CCCc3cc(F)c(F)cc32)c(C)c1. The molecule has 0 spiro atoms. The Morgan fingerprint density at radius 3 is 2.59 bits per heavy atom. The summed E-state index contributed by atoms with van der Waals surface area (Å²) in [6.45, 7) is 4.23. The Bertz CT molecular complexity index is 899. The zero-order valence-electron chi connectivity index (χ0n) is 15.2. The van der Waals surface area contributed by atoms with E-state index in [1.54, 1.807) is 11.0 Å². The third-order valence-corrected chi connectivity index (χ3v) is 4.55. The van der Waals surface area contributed by atoms with Gasteiger partial charge < -0.3 is 10.2 Å². The summed E-state index contributed by atoms with van der Waals surface area (Å²) in [5.74, 6) is -2.36. The first-order valence-electron chi connectivity index (χ1n) is 8.74. The number of nitrogens with zero attached hydrogens (tertiary/aromatic N) is 1. The number of benzene rings is 2. The summed E-state index contributed by atoms with van der Waals surface area (Å²) in [5, 5.41) is 4.92. The van der Waals surface area contributed by atoms with Crippen LogP contribution in [0.15, 0.2) is 30.3 Å². The highest BCUT2D eigenvalue weighted by atomic mass is 19.2. The molecule has 27 heavy (non-hydrogen) atoms. The second-order valence-electron chi connectivity index (χ2n) is 6.74. The van der Waals surface area contributed by atoms with E-state index in [0.29, 0.717) is 29.9 Å². The van der Waals surface area contributed by atoms with Gasteiger partial charge >= 0.3 is 6.03 Å². The molecule has 2 N–H and O–H groups in total. The zero-order chi connectivity index (χ0) is 19.6. The van der Waals surface area contributed by atoms with Gasteiger partial charge in [0.2, 0.25) is 5.91 Å². The van der Waals surface area contributed by atoms with E-state index in [2.05, 4.69) is 10.6 Å². The van der Waals surface area contributed by atoms with E-state index in [-0.39, 0.29) is 6.54 Å². The van der Waals surface area contributed by atoms with Crippen molar-refractivity contribution in [3.05, 3.63) is 58.7 Å². The highest BCUT2D eigenvalue weighted by Crippen LogP contribution is 2.29. The van der Waals surface area contributed by atoms with Crippen LogP contribution in [0.1, 0.15) is 23.1 Å². The molecule has 0 fully saturated rings. The van der Waals surface area contributed by atoms with Gasteiger partial charge in [-0.05, 0) is 49.9 Å². The van der Waals surface area contributed by atoms with Crippen LogP contribution < -0.4 is 15.5 Å². The standard InChI is InChI=1S/C20H21F2N3O2/c1-12-5-6-17(13(2)8-12)23-20(27)24-19(26)11-25-7-3-4-14-9-15(21)16(22)10-18(14)25/h5-6,8-10H,3-4,7,11H2,1-2H3,(H2,23,24,26,27). The lowest BCUT2D eigenvalue weighted by molar-refractivity contribution is -0.118. The van der Waals surface area contributed by atoms with Crippen molar-refractivity contribution in [1.82, 2.24) is 5.32 Å². The Hall–Kier alpha value is -2.96. The molecule has 1 aliphatic rings. The van der Waals surface area contributed by atoms with Gasteiger partial charge in [0.05, 0.1) is 6.54 Å². The predicted octanol–water partition coefficient (Wildman–Crippen LogP) is 3.68. The summed E-state index contributed by atoms with van der Waals surface area (Å²) in [6.07, 6.45) is 1.35. The third kappa shape index (κ3) is 4.42. The van der Waals surface area contributed by atoms with Gasteiger partial charge in [-0.25, -0.2) is 13.6 Å². The number of rotatable bonds is 3. The minimum absolute atomic E-state index is 0.113. The van der Waals surface area contributed by atoms with Gasteiger partial charge in [0.15, 0.2) is 11.6 Å². The van der Waals surface area contributed by atoms with Crippen molar-refractivity contribution < 1.29 is 18.4 Å². The Morgan fingerprint density at radius 1 is 1.11 bits per heavy atom. The van der Waals surface area contributed by atoms with Crippen LogP contribution in [-0.2, 0) is 11.2 Å². The molecule has 0 aromatic heterocycles. The van der Waals surface area contributed by atoms with Crippen LogP contribution in [-0.4, -0.2) is 25.0 Å². The van der Waals surface area contributed by atoms with E-state index in [1.807, 2.05) is 26.0 Å². The summed E-state index contributed by atoms with van der Waals surface area (Å²) < 4.78 is 27.0. The van der Waals surface area contributed by atoms with E-state index in [9.17, 15) is 18.4 Å². The van der Waals surface area contributed by atoms with Crippen molar-refractivity contribution in [3.63, 3.8) is 0 Å². The maximum atomic E-state index is 13.6. The fourth-order valence-corrected chi connectivity index (χ4v) is 3.26. The molecule has 0 atom stereocenters. The number of nitrogens with one attached hydrogen (secondary N) is 2. The maximum absolute atomic E-state index is 13.6. The molecule has 2 aromatic carbocycles. The number of hydrogen-bond acceptors (Lipinski definition) is 3. The number of imide groups is 1. The molecule has 3 rings (SSSR count). The number of hydrogen-bond donors (Lipinski definition) is 2. The predicted molar refractivity (Wildman–Crippen MR) is 100.0 cm³/mol. The Labute approximate surface area is 156 Å². The van der Waals surface area contributed by atoms with Gasteiger partial charge in [0.25, 0.3) is 0 Å². The number of halogens is 2. The fraction of sp³-hybridized carbons (Fsp3) is 0.300. The lowest BCUT2D eigenvalue weighted by atomic mass is 10.0. The van der Waals surface area contributed by atoms with Crippen LogP contribution in [0, 0.1) is 25.5 Å². The largest absolute Gasteiger partial charge is 0.362 e. The summed E-state index contributed by atoms with van der Waals surface area (Å²) in [4.78, 5) is 26.0. The van der Waals surface area contributed by atoms with Crippen molar-refractivity contribution in [1.29, 1.82) is 0 Å². The number of anilines is 2. The number of fused-ring (bicyclic) bond motifs is 1. The van der Waals surface area contributed by atoms with Gasteiger partial charge in [-0.3, -0.25) is 10.1 Å². The van der Waals surface area contributed by atoms with Gasteiger partial charge in [0, 0.05) is 24.0 Å². The molecular formula is C20H21F2N3O2. The average Bonchev–Trinajstić information content (AvgIpc) is 2.59. The van der Waals surface area contributed by atoms with E-state index in [0.717, 1.165) is 23.6 Å². The Balaban J connectivity index is 1.63. The van der Waals surface area contributed by atoms with Gasteiger partial charge in [-0.2, -0.15) is 0 Å². The highest BCUT2D eigenvalue weighted by molar-refractivity contribution is 6.02. The Morgan fingerprint density at radius 2 is 1.85 bits per heavy atom. The molecular weight excluding hydrogens is 352 g/mol. The molecule has 0 radical (unpaired) electrons. The topological polar surface area (TPSA) is 61.4 Å². The first-order chi connectivity index (χ1) is 12.8. The molecule has 142 valence electrons. The first-order valence-corrected chi connectivity index (χ1v) is 8.74. The second-order valence-corrected chi connectivity index (χ2v) is 6.74. The molecule has 3 amide bonds. The van der Waals surface area contributed by atoms with Crippen molar-refractivity contribution in [2.75, 3.05) is 23.3 Å². The molecule has 2 aromatic rings. The molecule has 1 aliphatic heterocycles. The van der Waals surface area contributed by atoms with Crippen LogP contribution >= 0.6 is 0 Å². The summed E-state index contributed by atoms with van der Waals surface area (Å²) in [5.41, 5.74) is 3.73. The number of urea groups is 1. The average molecular weight is 373 g/mol. The van der Waals surface area contributed by atoms with Crippen molar-refractivity contribution >= 4 is 23.3 Å². The van der Waals surface area contributed by atoms with Gasteiger partial charge in [-0.15, -0.1) is 0 Å². The van der Waals surface area contributed by atoms with Crippen molar-refractivity contribution in [3.8, 4) is 0 Å². The van der Waals surface area contributed by atoms with E-state index in [1.165, 1.54) is 6.07 Å². The number of aryl methyl sites for hydroxylation is 3. The van der Waals surface area contributed by atoms with E-state index >= 15 is 0 Å². The van der Waals surface area contributed by atoms with Crippen LogP contribution in [0.4, 0.5) is 25.0 Å². The summed E-state index contributed by atoms with van der Waals surface area (Å²) >= 11 is 0. The molecule has 0 unspecified atom stereocenters. The second kappa shape index (κ2) is 7.73. The fourth-order valence-electron chi connectivity index (χ4n) is 3.26. The normalized spacial score (nSPS) is 13.1. The van der Waals surface area contributed by atoms with Crippen LogP contribution in [0.3, 0.4) is 0 Å². The van der Waals surface area contributed by atoms with Crippen LogP contribution in [0.5, 0.6) is 0 Å². The molecule has 0 bridgehead atoms. The van der Waals surface area contributed by atoms with Crippen LogP contribution in [0.25, 0.3) is 0 Å². The van der Waals surface area contributed by atoms with Crippen LogP contribution in [0.2, 0.25) is 0 Å². The van der Waals surface area contributed by atoms with E-state index in [4.69, 9.17) is 0 Å². The first kappa shape index (κ1) is 18.8. The minimum atomic E-state index is -0.950. The number of carbonyl (C=O) groups excluding carboxylic acids is 2. The molecule has 0 aliphatic carbocycles. The smallest absolute Gasteiger partial charge is 0.325 e. The number of amides is 3. The molecule has 0 saturated heterocycles. The third-order valence-electron chi connectivity index (χ3n) is 4.55. The number of carbonyl (C=O) groups is 2. The van der Waals surface area contributed by atoms with Gasteiger partial charge in [0.1, 0.15) is 0 Å².